The van der Waals surface area contributed by atoms with Crippen LogP contribution in [0, 0.1) is 5.92 Å². The first-order valence-electron chi connectivity index (χ1n) is 15.5. The molecule has 4 aliphatic rings. The number of carbonyl (C=O) groups is 5. The number of carboxylic acid groups (broad SMARTS) is 1. The minimum absolute atomic E-state index is 0.0276. The molecular weight excluding hydrogens is 604 g/mol. The summed E-state index contributed by atoms with van der Waals surface area (Å²) < 4.78 is 11.2. The van der Waals surface area contributed by atoms with Gasteiger partial charge in [-0.3, -0.25) is 14.5 Å². The van der Waals surface area contributed by atoms with Gasteiger partial charge < -0.3 is 30.1 Å². The van der Waals surface area contributed by atoms with Crippen molar-refractivity contribution in [3.05, 3.63) is 46.5 Å². The van der Waals surface area contributed by atoms with Crippen LogP contribution in [0.15, 0.2) is 30.4 Å². The molecule has 13 heteroatoms. The summed E-state index contributed by atoms with van der Waals surface area (Å²) >= 11 is 6.32. The Hall–Kier alpha value is -3.80. The molecule has 1 aliphatic carbocycles. The van der Waals surface area contributed by atoms with Crippen LogP contribution in [0.2, 0.25) is 5.02 Å². The summed E-state index contributed by atoms with van der Waals surface area (Å²) in [4.78, 5) is 68.9. The summed E-state index contributed by atoms with van der Waals surface area (Å²) in [6.45, 7) is 5.63. The molecule has 3 N–H and O–H groups in total. The molecule has 2 fully saturated rings. The maximum Gasteiger partial charge on any atom is 0.410 e. The van der Waals surface area contributed by atoms with Crippen molar-refractivity contribution in [2.75, 3.05) is 6.54 Å². The van der Waals surface area contributed by atoms with Crippen LogP contribution in [-0.2, 0) is 36.9 Å². The number of ether oxygens (including phenoxy) is 2. The number of benzene rings is 1. The van der Waals surface area contributed by atoms with Crippen molar-refractivity contribution >= 4 is 41.6 Å². The van der Waals surface area contributed by atoms with E-state index in [-0.39, 0.29) is 31.8 Å². The lowest BCUT2D eigenvalue weighted by molar-refractivity contribution is -0.145. The summed E-state index contributed by atoms with van der Waals surface area (Å²) in [6.07, 6.45) is 5.04. The zero-order valence-corrected chi connectivity index (χ0v) is 26.6. The number of nitrogens with zero attached hydrogens (tertiary/aromatic N) is 2. The van der Waals surface area contributed by atoms with Crippen LogP contribution in [-0.4, -0.2) is 80.7 Å². The van der Waals surface area contributed by atoms with Crippen molar-refractivity contribution in [1.29, 1.82) is 0 Å². The van der Waals surface area contributed by atoms with Crippen molar-refractivity contribution in [2.24, 2.45) is 5.92 Å². The molecule has 1 aromatic carbocycles. The number of rotatable bonds is 3. The molecule has 0 bridgehead atoms. The van der Waals surface area contributed by atoms with Crippen LogP contribution >= 0.6 is 11.6 Å². The van der Waals surface area contributed by atoms with Crippen molar-refractivity contribution in [2.45, 2.75) is 108 Å². The summed E-state index contributed by atoms with van der Waals surface area (Å²) in [6, 6.07) is 3.35. The minimum atomic E-state index is -1.47. The smallest absolute Gasteiger partial charge is 0.410 e. The predicted octanol–water partition coefficient (Wildman–Crippen LogP) is 4.13. The van der Waals surface area contributed by atoms with Gasteiger partial charge in [-0.25, -0.2) is 14.4 Å². The van der Waals surface area contributed by atoms with E-state index in [1.165, 1.54) is 9.80 Å². The molecule has 4 amide bonds. The summed E-state index contributed by atoms with van der Waals surface area (Å²) in [5, 5.41) is 16.0. The zero-order valence-electron chi connectivity index (χ0n) is 25.8. The molecule has 0 radical (unpaired) electrons. The second-order valence-corrected chi connectivity index (χ2v) is 13.7. The molecule has 45 heavy (non-hydrogen) atoms. The van der Waals surface area contributed by atoms with E-state index in [1.54, 1.807) is 26.8 Å². The lowest BCUT2D eigenvalue weighted by atomic mass is 10.0. The monoisotopic (exact) mass is 644 g/mol. The highest BCUT2D eigenvalue weighted by molar-refractivity contribution is 6.31. The molecule has 0 aromatic heterocycles. The molecule has 3 heterocycles. The maximum atomic E-state index is 14.1. The van der Waals surface area contributed by atoms with E-state index < -0.39 is 59.3 Å². The number of fused-ring (bicyclic) bond motifs is 3. The standard InChI is InChI=1S/C32H41ClN4O8/c1-31(2,3)45-29(42)34-24-13-8-6-4-5-7-11-20-15-32(20,28(40)41)35-26(38)25-14-21(17-37(25)27(24)39)44-30(43)36-16-19-10-9-12-23(33)22(19)18-36/h7,9-12,20-21,24-25H,4-6,8,13-18H2,1-3H3,(H,34,42)(H,35,38)(H,40,41)/b11-7-/t20-,21+,24-,25-,32-/m0/s1. The number of hydrogen-bond donors (Lipinski definition) is 3. The summed E-state index contributed by atoms with van der Waals surface area (Å²) in [7, 11) is 0. The van der Waals surface area contributed by atoms with Gasteiger partial charge in [-0.15, -0.1) is 0 Å². The Morgan fingerprint density at radius 2 is 1.91 bits per heavy atom. The Morgan fingerprint density at radius 1 is 1.13 bits per heavy atom. The maximum absolute atomic E-state index is 14.1. The summed E-state index contributed by atoms with van der Waals surface area (Å²) in [5.74, 6) is -2.69. The van der Waals surface area contributed by atoms with Crippen LogP contribution in [0.3, 0.4) is 0 Å². The number of alkyl carbamates (subject to hydrolysis) is 1. The molecule has 5 atom stereocenters. The highest BCUT2D eigenvalue weighted by atomic mass is 35.5. The molecule has 1 saturated heterocycles. The average molecular weight is 645 g/mol. The Labute approximate surface area is 267 Å². The van der Waals surface area contributed by atoms with Gasteiger partial charge in [-0.05, 0) is 63.6 Å². The van der Waals surface area contributed by atoms with E-state index in [1.807, 2.05) is 24.3 Å². The van der Waals surface area contributed by atoms with Gasteiger partial charge in [0.25, 0.3) is 0 Å². The third-order valence-corrected chi connectivity index (χ3v) is 9.12. The van der Waals surface area contributed by atoms with Gasteiger partial charge >= 0.3 is 18.2 Å². The minimum Gasteiger partial charge on any atom is -0.479 e. The third kappa shape index (κ3) is 7.37. The first kappa shape index (κ1) is 32.6. The van der Waals surface area contributed by atoms with Crippen molar-refractivity contribution in [3.63, 3.8) is 0 Å². The first-order valence-corrected chi connectivity index (χ1v) is 15.9. The highest BCUT2D eigenvalue weighted by Crippen LogP contribution is 2.45. The molecule has 1 saturated carbocycles. The fourth-order valence-corrected chi connectivity index (χ4v) is 6.58. The number of carboxylic acids is 1. The van der Waals surface area contributed by atoms with Gasteiger partial charge in [0.05, 0.1) is 13.1 Å². The molecule has 0 spiro atoms. The molecule has 12 nitrogen and oxygen atoms in total. The van der Waals surface area contributed by atoms with Gasteiger partial charge in [-0.2, -0.15) is 0 Å². The molecule has 244 valence electrons. The quantitative estimate of drug-likeness (QED) is 0.415. The van der Waals surface area contributed by atoms with Crippen LogP contribution in [0.1, 0.15) is 76.8 Å². The molecule has 5 rings (SSSR count). The Bertz CT molecular complexity index is 1390. The Kier molecular flexibility index (Phi) is 9.34. The number of allylic oxidation sites excluding steroid dienone is 1. The van der Waals surface area contributed by atoms with Gasteiger partial charge in [0.15, 0.2) is 0 Å². The topological polar surface area (TPSA) is 155 Å². The number of aliphatic carboxylic acids is 1. The first-order chi connectivity index (χ1) is 21.3. The third-order valence-electron chi connectivity index (χ3n) is 8.76. The predicted molar refractivity (Wildman–Crippen MR) is 163 cm³/mol. The Morgan fingerprint density at radius 3 is 2.62 bits per heavy atom. The van der Waals surface area contributed by atoms with Crippen LogP contribution < -0.4 is 10.6 Å². The van der Waals surface area contributed by atoms with Gasteiger partial charge in [-0.1, -0.05) is 48.7 Å². The zero-order chi connectivity index (χ0) is 32.5. The van der Waals surface area contributed by atoms with E-state index in [4.69, 9.17) is 21.1 Å². The van der Waals surface area contributed by atoms with E-state index in [9.17, 15) is 29.1 Å². The van der Waals surface area contributed by atoms with Crippen molar-refractivity contribution < 1.29 is 38.6 Å². The van der Waals surface area contributed by atoms with Crippen LogP contribution in [0.5, 0.6) is 0 Å². The van der Waals surface area contributed by atoms with E-state index in [0.29, 0.717) is 24.4 Å². The van der Waals surface area contributed by atoms with Crippen LogP contribution in [0.25, 0.3) is 0 Å². The number of carbonyl (C=O) groups excluding carboxylic acids is 4. The SMILES string of the molecule is CC(C)(C)OC(=O)N[C@H]1CCCCC/C=C\[C@H]2C[C@]2(C(=O)O)NC(=O)[C@@H]2C[C@@H](OC(=O)N3Cc4cccc(Cl)c4C3)CN2C1=O. The van der Waals surface area contributed by atoms with Gasteiger partial charge in [0, 0.05) is 23.9 Å². The number of halogens is 1. The van der Waals surface area contributed by atoms with E-state index in [2.05, 4.69) is 10.6 Å². The normalized spacial score (nSPS) is 29.2. The van der Waals surface area contributed by atoms with Gasteiger partial charge in [0.1, 0.15) is 29.3 Å². The molecule has 3 aliphatic heterocycles. The largest absolute Gasteiger partial charge is 0.479 e. The van der Waals surface area contributed by atoms with E-state index >= 15 is 0 Å². The molecular formula is C32H41ClN4O8. The van der Waals surface area contributed by atoms with Crippen molar-refractivity contribution in [1.82, 2.24) is 20.4 Å². The average Bonchev–Trinajstić information content (AvgIpc) is 3.27. The molecule has 1 aromatic rings. The second kappa shape index (κ2) is 12.9. The lowest BCUT2D eigenvalue weighted by Crippen LogP contribution is -2.56. The molecule has 0 unspecified atom stereocenters. The summed E-state index contributed by atoms with van der Waals surface area (Å²) in [5.41, 5.74) is -0.504. The fourth-order valence-electron chi connectivity index (χ4n) is 6.32. The van der Waals surface area contributed by atoms with Crippen molar-refractivity contribution in [3.8, 4) is 0 Å². The highest BCUT2D eigenvalue weighted by Gasteiger charge is 2.61. The van der Waals surface area contributed by atoms with E-state index in [0.717, 1.165) is 30.4 Å². The second-order valence-electron chi connectivity index (χ2n) is 13.3. The fraction of sp³-hybridized carbons (Fsp3) is 0.594. The van der Waals surface area contributed by atoms with Gasteiger partial charge in [0.2, 0.25) is 11.8 Å². The number of hydrogen-bond acceptors (Lipinski definition) is 7. The lowest BCUT2D eigenvalue weighted by Gasteiger charge is -2.30. The number of nitrogens with one attached hydrogen (secondary N) is 2. The Balaban J connectivity index is 1.37. The number of amides is 4. The van der Waals surface area contributed by atoms with Crippen LogP contribution in [0.4, 0.5) is 9.59 Å².